The first kappa shape index (κ1) is 23.5. The number of hydrogen-bond acceptors (Lipinski definition) is 4. The minimum atomic E-state index is -0.367. The Bertz CT molecular complexity index is 1720. The van der Waals surface area contributed by atoms with Gasteiger partial charge in [0.1, 0.15) is 11.3 Å². The van der Waals surface area contributed by atoms with E-state index in [9.17, 15) is 14.4 Å². The van der Waals surface area contributed by atoms with Crippen molar-refractivity contribution in [3.8, 4) is 22.5 Å². The van der Waals surface area contributed by atoms with Gasteiger partial charge in [0, 0.05) is 39.7 Å². The molecule has 0 aromatic heterocycles. The average Bonchev–Trinajstić information content (AvgIpc) is 3.30. The van der Waals surface area contributed by atoms with Crippen LogP contribution in [0, 0.1) is 0 Å². The number of nitrogens with one attached hydrogen (secondary N) is 1. The molecule has 1 N–H and O–H groups in total. The molecule has 2 aliphatic carbocycles. The summed E-state index contributed by atoms with van der Waals surface area (Å²) in [6, 6.07) is 21.6. The second kappa shape index (κ2) is 9.18. The Hall–Kier alpha value is -3.93. The first-order valence-corrected chi connectivity index (χ1v) is 12.5. The predicted octanol–water partition coefficient (Wildman–Crippen LogP) is 6.58. The van der Waals surface area contributed by atoms with Crippen LogP contribution in [-0.2, 0) is 12.8 Å². The van der Waals surface area contributed by atoms with Crippen LogP contribution in [0.2, 0.25) is 10.0 Å². The normalized spacial score (nSPS) is 13.1. The quantitative estimate of drug-likeness (QED) is 0.211. The molecule has 3 aliphatic rings. The Labute approximate surface area is 222 Å². The first-order chi connectivity index (χ1) is 17.9. The van der Waals surface area contributed by atoms with Gasteiger partial charge in [0.15, 0.2) is 6.29 Å². The molecule has 5 nitrogen and oxygen atoms in total. The van der Waals surface area contributed by atoms with Crippen LogP contribution in [-0.4, -0.2) is 18.2 Å². The number of aldehydes is 1. The summed E-state index contributed by atoms with van der Waals surface area (Å²) in [5.74, 6) is 0.193. The first-order valence-electron chi connectivity index (χ1n) is 11.7. The minimum Gasteiger partial charge on any atom is -0.456 e. The fourth-order valence-corrected chi connectivity index (χ4v) is 5.42. The van der Waals surface area contributed by atoms with Crippen LogP contribution in [0.15, 0.2) is 82.0 Å². The van der Waals surface area contributed by atoms with E-state index in [0.717, 1.165) is 24.0 Å². The molecule has 0 atom stereocenters. The van der Waals surface area contributed by atoms with Crippen molar-refractivity contribution in [3.05, 3.63) is 115 Å². The van der Waals surface area contributed by atoms with Crippen molar-refractivity contribution in [2.75, 3.05) is 0 Å². The molecule has 3 aromatic rings. The van der Waals surface area contributed by atoms with E-state index >= 15 is 0 Å². The fraction of sp³-hybridized carbons (Fsp3) is 0.100. The third-order valence-corrected chi connectivity index (χ3v) is 7.46. The zero-order valence-corrected chi connectivity index (χ0v) is 20.9. The van der Waals surface area contributed by atoms with E-state index in [4.69, 9.17) is 27.6 Å². The summed E-state index contributed by atoms with van der Waals surface area (Å²) >= 11 is 12.5. The molecule has 0 spiro atoms. The lowest BCUT2D eigenvalue weighted by Crippen LogP contribution is -2.35. The number of carbonyl (C=O) groups is 2. The van der Waals surface area contributed by atoms with Crippen LogP contribution in [0.5, 0.6) is 0 Å². The molecule has 6 rings (SSSR count). The molecule has 37 heavy (non-hydrogen) atoms. The maximum absolute atomic E-state index is 13.0. The molecular weight excluding hydrogens is 509 g/mol. The molecule has 7 heteroatoms. The summed E-state index contributed by atoms with van der Waals surface area (Å²) in [5.41, 5.74) is 5.52. The number of halogens is 2. The van der Waals surface area contributed by atoms with Gasteiger partial charge in [0.25, 0.3) is 5.91 Å². The van der Waals surface area contributed by atoms with Crippen LogP contribution in [0.3, 0.4) is 0 Å². The summed E-state index contributed by atoms with van der Waals surface area (Å²) in [6.07, 6.45) is 2.29. The molecule has 182 valence electrons. The number of hydrogen-bond donors (Lipinski definition) is 1. The Morgan fingerprint density at radius 2 is 1.62 bits per heavy atom. The lowest BCUT2D eigenvalue weighted by atomic mass is 9.92. The summed E-state index contributed by atoms with van der Waals surface area (Å²) in [6.45, 7) is 0. The van der Waals surface area contributed by atoms with Gasteiger partial charge in [0.2, 0.25) is 5.43 Å². The van der Waals surface area contributed by atoms with Gasteiger partial charge in [-0.15, -0.1) is 0 Å². The van der Waals surface area contributed by atoms with E-state index in [-0.39, 0.29) is 33.0 Å². The zero-order valence-electron chi connectivity index (χ0n) is 19.4. The highest BCUT2D eigenvalue weighted by Gasteiger charge is 2.24. The standard InChI is InChI=1S/C30H19Cl2NO4/c31-24-12-22-27(11-20(24)15-34)37-28-14-26(35)25(32)13-23(28)29(22)16-5-7-17(8-6-16)30(36)33-21-9-18-3-1-2-4-19(18)10-21/h1-8,11-15,21H,9-10H2,(H,33,36). The second-order valence-electron chi connectivity index (χ2n) is 9.17. The van der Waals surface area contributed by atoms with Crippen LogP contribution < -0.4 is 10.7 Å². The Morgan fingerprint density at radius 1 is 0.919 bits per heavy atom. The summed E-state index contributed by atoms with van der Waals surface area (Å²) in [5, 5.41) is 4.13. The monoisotopic (exact) mass is 527 g/mol. The maximum Gasteiger partial charge on any atom is 0.251 e. The zero-order chi connectivity index (χ0) is 25.7. The third-order valence-electron chi connectivity index (χ3n) is 6.84. The highest BCUT2D eigenvalue weighted by molar-refractivity contribution is 6.34. The lowest BCUT2D eigenvalue weighted by molar-refractivity contribution is 0.0938. The van der Waals surface area contributed by atoms with E-state index in [1.54, 1.807) is 30.3 Å². The Morgan fingerprint density at radius 3 is 2.30 bits per heavy atom. The van der Waals surface area contributed by atoms with Gasteiger partial charge in [-0.05, 0) is 59.9 Å². The molecule has 0 saturated heterocycles. The molecule has 0 radical (unpaired) electrons. The number of benzene rings is 4. The number of rotatable bonds is 4. The summed E-state index contributed by atoms with van der Waals surface area (Å²) in [7, 11) is 0. The van der Waals surface area contributed by atoms with Crippen molar-refractivity contribution in [1.82, 2.24) is 5.32 Å². The van der Waals surface area contributed by atoms with E-state index < -0.39 is 0 Å². The van der Waals surface area contributed by atoms with Gasteiger partial charge in [-0.2, -0.15) is 0 Å². The largest absolute Gasteiger partial charge is 0.456 e. The maximum atomic E-state index is 13.0. The van der Waals surface area contributed by atoms with E-state index in [1.807, 2.05) is 24.3 Å². The average molecular weight is 528 g/mol. The SMILES string of the molecule is O=Cc1cc2oc3cc(=O)c(Cl)cc-3c(-c3ccc(C(=O)NC4Cc5ccccc5C4)cc3)c2cc1Cl. The molecule has 0 fully saturated rings. The van der Waals surface area contributed by atoms with Gasteiger partial charge in [0.05, 0.1) is 10.0 Å². The second-order valence-corrected chi connectivity index (χ2v) is 9.98. The lowest BCUT2D eigenvalue weighted by Gasteiger charge is -2.17. The predicted molar refractivity (Wildman–Crippen MR) is 145 cm³/mol. The molecule has 3 aromatic carbocycles. The van der Waals surface area contributed by atoms with Gasteiger partial charge in [-0.3, -0.25) is 14.4 Å². The molecule has 1 heterocycles. The number of amides is 1. The molecular formula is C30H19Cl2NO4. The van der Waals surface area contributed by atoms with Gasteiger partial charge < -0.3 is 9.73 Å². The van der Waals surface area contributed by atoms with Crippen LogP contribution in [0.25, 0.3) is 33.4 Å². The van der Waals surface area contributed by atoms with Crippen molar-refractivity contribution in [2.45, 2.75) is 18.9 Å². The molecule has 1 aliphatic heterocycles. The van der Waals surface area contributed by atoms with E-state index in [0.29, 0.717) is 34.1 Å². The highest BCUT2D eigenvalue weighted by Crippen LogP contribution is 2.42. The van der Waals surface area contributed by atoms with Crippen molar-refractivity contribution in [3.63, 3.8) is 0 Å². The Balaban J connectivity index is 1.39. The van der Waals surface area contributed by atoms with Crippen molar-refractivity contribution < 1.29 is 14.0 Å². The van der Waals surface area contributed by atoms with E-state index in [2.05, 4.69) is 17.4 Å². The van der Waals surface area contributed by atoms with Crippen molar-refractivity contribution >= 4 is 46.4 Å². The number of carbonyl (C=O) groups excluding carboxylic acids is 2. The Kier molecular flexibility index (Phi) is 5.82. The highest BCUT2D eigenvalue weighted by atomic mass is 35.5. The van der Waals surface area contributed by atoms with Gasteiger partial charge >= 0.3 is 0 Å². The third kappa shape index (κ3) is 4.20. The number of fused-ring (bicyclic) bond motifs is 3. The van der Waals surface area contributed by atoms with Crippen molar-refractivity contribution in [1.29, 1.82) is 0 Å². The molecule has 0 unspecified atom stereocenters. The van der Waals surface area contributed by atoms with Gasteiger partial charge in [-0.1, -0.05) is 59.6 Å². The smallest absolute Gasteiger partial charge is 0.251 e. The van der Waals surface area contributed by atoms with E-state index in [1.165, 1.54) is 17.2 Å². The molecule has 0 saturated carbocycles. The van der Waals surface area contributed by atoms with Crippen LogP contribution in [0.4, 0.5) is 0 Å². The minimum absolute atomic E-state index is 0.0609. The molecule has 1 amide bonds. The van der Waals surface area contributed by atoms with Gasteiger partial charge in [-0.25, -0.2) is 0 Å². The summed E-state index contributed by atoms with van der Waals surface area (Å²) in [4.78, 5) is 36.7. The summed E-state index contributed by atoms with van der Waals surface area (Å²) < 4.78 is 5.96. The molecule has 0 bridgehead atoms. The van der Waals surface area contributed by atoms with Crippen molar-refractivity contribution in [2.24, 2.45) is 0 Å². The van der Waals surface area contributed by atoms with Crippen LogP contribution >= 0.6 is 23.2 Å². The fourth-order valence-electron chi connectivity index (χ4n) is 5.05. The topological polar surface area (TPSA) is 76.4 Å². The van der Waals surface area contributed by atoms with Crippen LogP contribution in [0.1, 0.15) is 31.8 Å².